The molecule has 0 amide bonds. The number of benzene rings is 2. The Morgan fingerprint density at radius 2 is 1.59 bits per heavy atom. The Morgan fingerprint density at radius 3 is 2.34 bits per heavy atom. The topological polar surface area (TPSA) is 23.5 Å². The van der Waals surface area contributed by atoms with Gasteiger partial charge in [-0.05, 0) is 98.7 Å². The van der Waals surface area contributed by atoms with Gasteiger partial charge in [-0.15, -0.1) is 0 Å². The number of aryl methyl sites for hydroxylation is 3. The van der Waals surface area contributed by atoms with Crippen LogP contribution in [0.25, 0.3) is 0 Å². The number of aliphatic hydroxyl groups is 1. The predicted octanol–water partition coefficient (Wildman–Crippen LogP) is 5.40. The smallest absolute Gasteiger partial charge is 0.123 e. The van der Waals surface area contributed by atoms with Crippen molar-refractivity contribution in [3.63, 3.8) is 0 Å². The summed E-state index contributed by atoms with van der Waals surface area (Å²) in [6.45, 7) is 2.92. The molecule has 2 aliphatic rings. The van der Waals surface area contributed by atoms with Crippen molar-refractivity contribution in [3.8, 4) is 0 Å². The van der Waals surface area contributed by atoms with Crippen LogP contribution in [0.1, 0.15) is 67.2 Å². The molecule has 1 aliphatic heterocycles. The first-order chi connectivity index (χ1) is 14.1. The number of rotatable bonds is 6. The lowest BCUT2D eigenvalue weighted by molar-refractivity contribution is -0.0261. The fourth-order valence-corrected chi connectivity index (χ4v) is 4.98. The molecule has 1 N–H and O–H groups in total. The van der Waals surface area contributed by atoms with Crippen LogP contribution >= 0.6 is 0 Å². The lowest BCUT2D eigenvalue weighted by Crippen LogP contribution is -2.42. The van der Waals surface area contributed by atoms with Crippen LogP contribution in [0.3, 0.4) is 0 Å². The van der Waals surface area contributed by atoms with Crippen molar-refractivity contribution in [2.24, 2.45) is 0 Å². The van der Waals surface area contributed by atoms with Gasteiger partial charge >= 0.3 is 0 Å². The van der Waals surface area contributed by atoms with Crippen molar-refractivity contribution < 1.29 is 9.50 Å². The zero-order valence-electron chi connectivity index (χ0n) is 17.5. The fraction of sp³-hybridized carbons (Fsp3) is 0.538. The van der Waals surface area contributed by atoms with Crippen LogP contribution in [-0.2, 0) is 24.9 Å². The number of fused-ring (bicyclic) bond motifs is 1. The van der Waals surface area contributed by atoms with Crippen molar-refractivity contribution in [1.82, 2.24) is 4.90 Å². The third-order valence-corrected chi connectivity index (χ3v) is 6.92. The summed E-state index contributed by atoms with van der Waals surface area (Å²) < 4.78 is 13.1. The zero-order valence-corrected chi connectivity index (χ0v) is 17.5. The predicted molar refractivity (Wildman–Crippen MR) is 117 cm³/mol. The van der Waals surface area contributed by atoms with Crippen molar-refractivity contribution in [1.29, 1.82) is 0 Å². The number of unbranched alkanes of at least 4 members (excludes halogenated alkanes) is 1. The molecule has 1 aliphatic carbocycles. The van der Waals surface area contributed by atoms with E-state index in [4.69, 9.17) is 0 Å². The summed E-state index contributed by atoms with van der Waals surface area (Å²) in [5, 5.41) is 10.9. The molecule has 3 heteroatoms. The molecular formula is C26H34FNO. The van der Waals surface area contributed by atoms with E-state index in [0.717, 1.165) is 38.0 Å². The van der Waals surface area contributed by atoms with Gasteiger partial charge in [0.15, 0.2) is 0 Å². The van der Waals surface area contributed by atoms with Crippen LogP contribution < -0.4 is 0 Å². The van der Waals surface area contributed by atoms with E-state index >= 15 is 0 Å². The van der Waals surface area contributed by atoms with Crippen molar-refractivity contribution in [3.05, 3.63) is 70.5 Å². The summed E-state index contributed by atoms with van der Waals surface area (Å²) in [5.41, 5.74) is 4.72. The summed E-state index contributed by atoms with van der Waals surface area (Å²) in [6, 6.07) is 13.5. The van der Waals surface area contributed by atoms with Crippen molar-refractivity contribution in [2.75, 3.05) is 19.6 Å². The van der Waals surface area contributed by atoms with Gasteiger partial charge in [-0.3, -0.25) is 0 Å². The van der Waals surface area contributed by atoms with Crippen LogP contribution in [-0.4, -0.2) is 29.6 Å². The number of halogens is 1. The average molecular weight is 396 g/mol. The maximum atomic E-state index is 13.1. The van der Waals surface area contributed by atoms with E-state index in [0.29, 0.717) is 0 Å². The molecule has 0 aromatic heterocycles. The lowest BCUT2D eigenvalue weighted by atomic mass is 9.84. The molecule has 0 saturated carbocycles. The molecule has 1 saturated heterocycles. The quantitative estimate of drug-likeness (QED) is 0.523. The monoisotopic (exact) mass is 395 g/mol. The second kappa shape index (κ2) is 9.40. The highest BCUT2D eigenvalue weighted by atomic mass is 19.1. The first kappa shape index (κ1) is 20.6. The molecule has 1 heterocycles. The van der Waals surface area contributed by atoms with Crippen LogP contribution in [0.15, 0.2) is 42.5 Å². The standard InChI is InChI=1S/C26H34FNO/c27-25-13-11-24(12-14-25)26(29)15-18-28(19-16-26)17-5-4-6-21-9-10-22-7-2-1-3-8-23(22)20-21/h9-14,20,29H,1-8,15-19H2. The Kier molecular flexibility index (Phi) is 6.67. The third-order valence-electron chi connectivity index (χ3n) is 6.92. The lowest BCUT2D eigenvalue weighted by Gasteiger charge is -2.38. The van der Waals surface area contributed by atoms with Crippen LogP contribution in [0.2, 0.25) is 0 Å². The Hall–Kier alpha value is -1.71. The molecule has 0 spiro atoms. The Bertz CT molecular complexity index is 793. The summed E-state index contributed by atoms with van der Waals surface area (Å²) >= 11 is 0. The van der Waals surface area contributed by atoms with Gasteiger partial charge in [0.05, 0.1) is 5.60 Å². The average Bonchev–Trinajstić information content (AvgIpc) is 2.98. The van der Waals surface area contributed by atoms with Gasteiger partial charge in [0.2, 0.25) is 0 Å². The summed E-state index contributed by atoms with van der Waals surface area (Å²) in [7, 11) is 0. The van der Waals surface area contributed by atoms with Crippen LogP contribution in [0.5, 0.6) is 0 Å². The number of hydrogen-bond acceptors (Lipinski definition) is 2. The van der Waals surface area contributed by atoms with Crippen LogP contribution in [0, 0.1) is 5.82 Å². The van der Waals surface area contributed by atoms with Gasteiger partial charge < -0.3 is 10.0 Å². The molecule has 2 aromatic rings. The first-order valence-electron chi connectivity index (χ1n) is 11.4. The van der Waals surface area contributed by atoms with E-state index < -0.39 is 5.60 Å². The van der Waals surface area contributed by atoms with Gasteiger partial charge in [-0.1, -0.05) is 36.8 Å². The second-order valence-electron chi connectivity index (χ2n) is 9.00. The Morgan fingerprint density at radius 1 is 0.862 bits per heavy atom. The highest BCUT2D eigenvalue weighted by Gasteiger charge is 2.33. The SMILES string of the molecule is OC1(c2ccc(F)cc2)CCN(CCCCc2ccc3c(c2)CCCCC3)CC1. The van der Waals surface area contributed by atoms with Crippen molar-refractivity contribution in [2.45, 2.75) is 69.8 Å². The molecule has 0 bridgehead atoms. The van der Waals surface area contributed by atoms with E-state index in [-0.39, 0.29) is 5.82 Å². The summed E-state index contributed by atoms with van der Waals surface area (Å²) in [6.07, 6.45) is 11.6. The number of hydrogen-bond donors (Lipinski definition) is 1. The van der Waals surface area contributed by atoms with E-state index in [9.17, 15) is 9.50 Å². The minimum absolute atomic E-state index is 0.246. The van der Waals surface area contributed by atoms with Crippen molar-refractivity contribution >= 4 is 0 Å². The molecule has 2 nitrogen and oxygen atoms in total. The molecule has 0 unspecified atom stereocenters. The zero-order chi connectivity index (χ0) is 20.1. The molecule has 4 rings (SSSR count). The Balaban J connectivity index is 1.20. The highest BCUT2D eigenvalue weighted by molar-refractivity contribution is 5.33. The number of piperidine rings is 1. The maximum Gasteiger partial charge on any atom is 0.123 e. The molecule has 0 atom stereocenters. The van der Waals surface area contributed by atoms with E-state index in [1.165, 1.54) is 69.1 Å². The first-order valence-corrected chi connectivity index (χ1v) is 11.4. The largest absolute Gasteiger partial charge is 0.385 e. The van der Waals surface area contributed by atoms with Gasteiger partial charge in [0.25, 0.3) is 0 Å². The van der Waals surface area contributed by atoms with Gasteiger partial charge in [-0.25, -0.2) is 4.39 Å². The van der Waals surface area contributed by atoms with E-state index in [1.807, 2.05) is 0 Å². The van der Waals surface area contributed by atoms with Gasteiger partial charge in [-0.2, -0.15) is 0 Å². The van der Waals surface area contributed by atoms with Gasteiger partial charge in [0.1, 0.15) is 5.82 Å². The van der Waals surface area contributed by atoms with Gasteiger partial charge in [0, 0.05) is 13.1 Å². The summed E-state index contributed by atoms with van der Waals surface area (Å²) in [5.74, 6) is -0.246. The maximum absolute atomic E-state index is 13.1. The second-order valence-corrected chi connectivity index (χ2v) is 9.00. The molecule has 2 aromatic carbocycles. The molecular weight excluding hydrogens is 361 g/mol. The van der Waals surface area contributed by atoms with E-state index in [1.54, 1.807) is 23.3 Å². The van der Waals surface area contributed by atoms with Crippen LogP contribution in [0.4, 0.5) is 4.39 Å². The molecule has 1 fully saturated rings. The summed E-state index contributed by atoms with van der Waals surface area (Å²) in [4.78, 5) is 2.47. The molecule has 156 valence electrons. The van der Waals surface area contributed by atoms with E-state index in [2.05, 4.69) is 23.1 Å². The number of likely N-dealkylation sites (tertiary alicyclic amines) is 1. The minimum atomic E-state index is -0.800. The third kappa shape index (κ3) is 5.26. The Labute approximate surface area is 174 Å². The fourth-order valence-electron chi connectivity index (χ4n) is 4.98. The normalized spacial score (nSPS) is 19.5. The molecule has 29 heavy (non-hydrogen) atoms. The number of nitrogens with zero attached hydrogens (tertiary/aromatic N) is 1. The minimum Gasteiger partial charge on any atom is -0.385 e. The highest BCUT2D eigenvalue weighted by Crippen LogP contribution is 2.33. The molecule has 0 radical (unpaired) electrons.